The molecule has 0 aromatic heterocycles. The van der Waals surface area contributed by atoms with Crippen molar-refractivity contribution in [3.8, 4) is 0 Å². The molecule has 18 heavy (non-hydrogen) atoms. The van der Waals surface area contributed by atoms with E-state index in [1.54, 1.807) is 6.08 Å². The predicted octanol–water partition coefficient (Wildman–Crippen LogP) is 4.21. The molecule has 1 saturated heterocycles. The molecule has 0 aromatic rings. The Hall–Kier alpha value is -0.790. The van der Waals surface area contributed by atoms with Crippen LogP contribution in [0.1, 0.15) is 71.6 Å². The first-order valence-electron chi connectivity index (χ1n) is 7.64. The summed E-state index contributed by atoms with van der Waals surface area (Å²) < 4.78 is 0. The molecule has 0 aliphatic carbocycles. The third-order valence-electron chi connectivity index (χ3n) is 4.18. The molecule has 0 bridgehead atoms. The molecule has 2 unspecified atom stereocenters. The van der Waals surface area contributed by atoms with E-state index in [4.69, 9.17) is 0 Å². The van der Waals surface area contributed by atoms with Crippen molar-refractivity contribution in [2.24, 2.45) is 5.92 Å². The summed E-state index contributed by atoms with van der Waals surface area (Å²) in [7, 11) is 0. The molecule has 1 N–H and O–H groups in total. The summed E-state index contributed by atoms with van der Waals surface area (Å²) in [5, 5.41) is 2.92. The van der Waals surface area contributed by atoms with Gasteiger partial charge in [-0.25, -0.2) is 0 Å². The van der Waals surface area contributed by atoms with E-state index in [1.807, 2.05) is 0 Å². The zero-order valence-electron chi connectivity index (χ0n) is 12.1. The van der Waals surface area contributed by atoms with Gasteiger partial charge in [0.2, 0.25) is 0 Å². The Balaban J connectivity index is 2.14. The van der Waals surface area contributed by atoms with E-state index in [2.05, 4.69) is 25.7 Å². The van der Waals surface area contributed by atoms with E-state index in [-0.39, 0.29) is 11.4 Å². The second-order valence-corrected chi connectivity index (χ2v) is 5.66. The maximum absolute atomic E-state index is 11.4. The van der Waals surface area contributed by atoms with Crippen LogP contribution in [0.25, 0.3) is 0 Å². The van der Waals surface area contributed by atoms with Gasteiger partial charge in [0.05, 0.1) is 0 Å². The van der Waals surface area contributed by atoms with Gasteiger partial charge in [-0.2, -0.15) is 0 Å². The minimum absolute atomic E-state index is 0.166. The van der Waals surface area contributed by atoms with Crippen molar-refractivity contribution in [2.45, 2.75) is 77.2 Å². The Bertz CT molecular complexity index is 274. The first kappa shape index (κ1) is 15.3. The fourth-order valence-electron chi connectivity index (χ4n) is 2.66. The Kier molecular flexibility index (Phi) is 6.45. The average molecular weight is 251 g/mol. The molecule has 0 spiro atoms. The third-order valence-corrected chi connectivity index (χ3v) is 4.18. The first-order valence-corrected chi connectivity index (χ1v) is 7.64. The highest BCUT2D eigenvalue weighted by Crippen LogP contribution is 2.32. The topological polar surface area (TPSA) is 39.0 Å². The van der Waals surface area contributed by atoms with Gasteiger partial charge >= 0.3 is 0 Å². The summed E-state index contributed by atoms with van der Waals surface area (Å²) in [6.07, 6.45) is 13.2. The zero-order chi connectivity index (χ0) is 13.4. The van der Waals surface area contributed by atoms with Gasteiger partial charge in [-0.1, -0.05) is 71.3 Å². The summed E-state index contributed by atoms with van der Waals surface area (Å²) in [6, 6.07) is 0. The summed E-state index contributed by atoms with van der Waals surface area (Å²) in [5.41, 5.74) is -0.358. The van der Waals surface area contributed by atoms with Crippen molar-refractivity contribution in [3.63, 3.8) is 0 Å². The fraction of sp³-hybridized carbons (Fsp3) is 0.812. The second-order valence-electron chi connectivity index (χ2n) is 5.66. The van der Waals surface area contributed by atoms with Crippen LogP contribution in [0.15, 0.2) is 12.7 Å². The molecule has 1 heterocycles. The summed E-state index contributed by atoms with van der Waals surface area (Å²) in [4.78, 5) is 11.4. The van der Waals surface area contributed by atoms with Crippen LogP contribution in [0.3, 0.4) is 0 Å². The molecule has 1 aliphatic heterocycles. The maximum atomic E-state index is 11.4. The smallest absolute Gasteiger partial charge is 0.250 e. The molecule has 0 radical (unpaired) electrons. The van der Waals surface area contributed by atoms with Crippen molar-refractivity contribution in [1.29, 1.82) is 0 Å². The van der Waals surface area contributed by atoms with Crippen molar-refractivity contribution in [2.75, 3.05) is 0 Å². The number of hydrogen-bond donors (Lipinski definition) is 1. The number of carbonyl (C=O) groups excluding carboxylic acids is 1. The van der Waals surface area contributed by atoms with Gasteiger partial charge in [-0.05, 0) is 12.3 Å². The van der Waals surface area contributed by atoms with E-state index < -0.39 is 0 Å². The van der Waals surface area contributed by atoms with E-state index >= 15 is 0 Å². The summed E-state index contributed by atoms with van der Waals surface area (Å²) in [6.45, 7) is 8.26. The van der Waals surface area contributed by atoms with Crippen LogP contribution >= 0.6 is 0 Å². The molecule has 104 valence electrons. The Morgan fingerprint density at radius 3 is 2.33 bits per heavy atom. The lowest BCUT2D eigenvalue weighted by atomic mass is 9.88. The standard InChI is InChI=1S/C16H29NO/c1-4-7-8-9-10-11-12-14(5-2)13-16(6-3)15(18)17-16/h6,14H,3-5,7-13H2,1-2H3,(H,17,18). The number of hydrogen-bond acceptors (Lipinski definition) is 1. The van der Waals surface area contributed by atoms with Gasteiger partial charge in [0.15, 0.2) is 0 Å². The van der Waals surface area contributed by atoms with Gasteiger partial charge in [-0.15, -0.1) is 6.58 Å². The van der Waals surface area contributed by atoms with Crippen LogP contribution in [-0.4, -0.2) is 11.4 Å². The summed E-state index contributed by atoms with van der Waals surface area (Å²) >= 11 is 0. The van der Waals surface area contributed by atoms with Crippen LogP contribution in [0.5, 0.6) is 0 Å². The van der Waals surface area contributed by atoms with E-state index in [0.29, 0.717) is 5.92 Å². The van der Waals surface area contributed by atoms with Crippen LogP contribution in [0.2, 0.25) is 0 Å². The molecule has 1 fully saturated rings. The molecule has 2 heteroatoms. The maximum Gasteiger partial charge on any atom is 0.250 e. The molecule has 1 rings (SSSR count). The van der Waals surface area contributed by atoms with Crippen LogP contribution in [0, 0.1) is 5.92 Å². The van der Waals surface area contributed by atoms with Gasteiger partial charge in [-0.3, -0.25) is 4.79 Å². The van der Waals surface area contributed by atoms with E-state index in [0.717, 1.165) is 6.42 Å². The largest absolute Gasteiger partial charge is 0.336 e. The quantitative estimate of drug-likeness (QED) is 0.333. The van der Waals surface area contributed by atoms with Crippen molar-refractivity contribution in [3.05, 3.63) is 12.7 Å². The second kappa shape index (κ2) is 7.60. The molecular weight excluding hydrogens is 222 g/mol. The first-order chi connectivity index (χ1) is 8.68. The lowest BCUT2D eigenvalue weighted by Crippen LogP contribution is -2.18. The predicted molar refractivity (Wildman–Crippen MR) is 77.5 cm³/mol. The molecule has 0 saturated carbocycles. The zero-order valence-corrected chi connectivity index (χ0v) is 12.1. The fourth-order valence-corrected chi connectivity index (χ4v) is 2.66. The Morgan fingerprint density at radius 2 is 1.83 bits per heavy atom. The molecular formula is C16H29NO. The van der Waals surface area contributed by atoms with Crippen molar-refractivity contribution in [1.82, 2.24) is 5.32 Å². The molecule has 2 nitrogen and oxygen atoms in total. The van der Waals surface area contributed by atoms with Crippen molar-refractivity contribution >= 4 is 5.91 Å². The number of rotatable bonds is 11. The van der Waals surface area contributed by atoms with Crippen LogP contribution < -0.4 is 5.32 Å². The highest BCUT2D eigenvalue weighted by Gasteiger charge is 2.51. The molecule has 1 amide bonds. The van der Waals surface area contributed by atoms with Crippen LogP contribution in [-0.2, 0) is 4.79 Å². The molecule has 2 atom stereocenters. The van der Waals surface area contributed by atoms with E-state index in [9.17, 15) is 4.79 Å². The third kappa shape index (κ3) is 4.47. The Labute approximate surface area is 112 Å². The van der Waals surface area contributed by atoms with Crippen LogP contribution in [0.4, 0.5) is 0 Å². The number of nitrogens with one attached hydrogen (secondary N) is 1. The SMILES string of the molecule is C=CC1(CC(CC)CCCCCCCC)NC1=O. The lowest BCUT2D eigenvalue weighted by molar-refractivity contribution is -0.111. The number of amides is 1. The molecule has 0 aromatic carbocycles. The Morgan fingerprint density at radius 1 is 1.22 bits per heavy atom. The average Bonchev–Trinajstić information content (AvgIpc) is 3.03. The van der Waals surface area contributed by atoms with E-state index in [1.165, 1.54) is 51.4 Å². The van der Waals surface area contributed by atoms with Crippen molar-refractivity contribution < 1.29 is 4.79 Å². The number of carbonyl (C=O) groups is 1. The number of unbranched alkanes of at least 4 members (excludes halogenated alkanes) is 5. The minimum atomic E-state index is -0.358. The monoisotopic (exact) mass is 251 g/mol. The lowest BCUT2D eigenvalue weighted by Gasteiger charge is -2.17. The summed E-state index contributed by atoms with van der Waals surface area (Å²) in [5.74, 6) is 0.826. The normalized spacial score (nSPS) is 23.6. The van der Waals surface area contributed by atoms with Gasteiger partial charge < -0.3 is 5.32 Å². The minimum Gasteiger partial charge on any atom is -0.336 e. The highest BCUT2D eigenvalue weighted by molar-refractivity contribution is 6.04. The highest BCUT2D eigenvalue weighted by atomic mass is 16.2. The van der Waals surface area contributed by atoms with Gasteiger partial charge in [0, 0.05) is 0 Å². The van der Waals surface area contributed by atoms with Gasteiger partial charge in [0.25, 0.3) is 5.91 Å². The molecule has 1 aliphatic rings. The van der Waals surface area contributed by atoms with Gasteiger partial charge in [0.1, 0.15) is 5.54 Å².